The maximum absolute atomic E-state index is 10.7. The van der Waals surface area contributed by atoms with Crippen molar-refractivity contribution in [3.05, 3.63) is 35.9 Å². The average molecular weight is 221 g/mol. The average Bonchev–Trinajstić information content (AvgIpc) is 2.76. The maximum atomic E-state index is 10.7. The molecule has 1 aliphatic heterocycles. The molecule has 4 heteroatoms. The summed E-state index contributed by atoms with van der Waals surface area (Å²) in [5.74, 6) is -0.800. The minimum atomic E-state index is -0.800. The first-order valence-electron chi connectivity index (χ1n) is 5.37. The van der Waals surface area contributed by atoms with Crippen molar-refractivity contribution in [3.63, 3.8) is 0 Å². The third kappa shape index (κ3) is 2.81. The van der Waals surface area contributed by atoms with E-state index in [0.29, 0.717) is 19.6 Å². The fraction of sp³-hybridized carbons (Fsp3) is 0.417. The highest BCUT2D eigenvalue weighted by molar-refractivity contribution is 5.73. The Labute approximate surface area is 94.2 Å². The molecule has 0 aliphatic carbocycles. The molecule has 1 aliphatic rings. The van der Waals surface area contributed by atoms with Crippen molar-refractivity contribution in [1.82, 2.24) is 5.32 Å². The Morgan fingerprint density at radius 1 is 1.44 bits per heavy atom. The van der Waals surface area contributed by atoms with Crippen LogP contribution in [-0.4, -0.2) is 29.8 Å². The number of nitrogens with one attached hydrogen (secondary N) is 1. The number of carboxylic acids is 1. The monoisotopic (exact) mass is 221 g/mol. The van der Waals surface area contributed by atoms with Crippen LogP contribution in [0, 0.1) is 0 Å². The second-order valence-corrected chi connectivity index (χ2v) is 3.95. The van der Waals surface area contributed by atoms with Crippen molar-refractivity contribution in [2.24, 2.45) is 0 Å². The standard InChI is InChI=1S/C12H15NO3/c14-12(15)11-6-10(7-13-11)16-8-9-4-2-1-3-5-9/h1-5,10-11,13H,6-8H2,(H,14,15)/t10-,11-/m0/s1. The Balaban J connectivity index is 1.78. The van der Waals surface area contributed by atoms with Gasteiger partial charge in [0.05, 0.1) is 12.7 Å². The molecule has 4 nitrogen and oxygen atoms in total. The maximum Gasteiger partial charge on any atom is 0.320 e. The number of carbonyl (C=O) groups is 1. The van der Waals surface area contributed by atoms with Crippen molar-refractivity contribution in [1.29, 1.82) is 0 Å². The third-order valence-electron chi connectivity index (χ3n) is 2.72. The van der Waals surface area contributed by atoms with Crippen molar-refractivity contribution >= 4 is 5.97 Å². The minimum Gasteiger partial charge on any atom is -0.480 e. The number of ether oxygens (including phenoxy) is 1. The normalized spacial score (nSPS) is 24.5. The molecule has 0 amide bonds. The Kier molecular flexibility index (Phi) is 3.54. The molecule has 1 aromatic carbocycles. The van der Waals surface area contributed by atoms with Crippen LogP contribution in [-0.2, 0) is 16.1 Å². The van der Waals surface area contributed by atoms with Crippen LogP contribution in [0.25, 0.3) is 0 Å². The highest BCUT2D eigenvalue weighted by atomic mass is 16.5. The molecule has 86 valence electrons. The molecule has 1 aromatic rings. The molecule has 0 bridgehead atoms. The van der Waals surface area contributed by atoms with Crippen LogP contribution in [0.2, 0.25) is 0 Å². The lowest BCUT2D eigenvalue weighted by Gasteiger charge is -2.10. The zero-order valence-electron chi connectivity index (χ0n) is 8.93. The Morgan fingerprint density at radius 3 is 2.81 bits per heavy atom. The van der Waals surface area contributed by atoms with Crippen LogP contribution in [0.15, 0.2) is 30.3 Å². The van der Waals surface area contributed by atoms with E-state index in [1.54, 1.807) is 0 Å². The van der Waals surface area contributed by atoms with E-state index in [1.165, 1.54) is 0 Å². The van der Waals surface area contributed by atoms with Gasteiger partial charge in [0.25, 0.3) is 0 Å². The number of carboxylic acid groups (broad SMARTS) is 1. The Morgan fingerprint density at radius 2 is 2.19 bits per heavy atom. The lowest BCUT2D eigenvalue weighted by atomic mass is 10.2. The van der Waals surface area contributed by atoms with Gasteiger partial charge in [-0.1, -0.05) is 30.3 Å². The van der Waals surface area contributed by atoms with Gasteiger partial charge in [0.15, 0.2) is 0 Å². The Bertz CT molecular complexity index is 353. The van der Waals surface area contributed by atoms with E-state index in [1.807, 2.05) is 30.3 Å². The van der Waals surface area contributed by atoms with Gasteiger partial charge in [0.1, 0.15) is 6.04 Å². The number of rotatable bonds is 4. The van der Waals surface area contributed by atoms with E-state index in [0.717, 1.165) is 5.56 Å². The van der Waals surface area contributed by atoms with E-state index < -0.39 is 12.0 Å². The molecule has 16 heavy (non-hydrogen) atoms. The summed E-state index contributed by atoms with van der Waals surface area (Å²) in [6, 6.07) is 9.42. The van der Waals surface area contributed by atoms with Gasteiger partial charge in [-0.25, -0.2) is 0 Å². The molecule has 0 spiro atoms. The summed E-state index contributed by atoms with van der Waals surface area (Å²) in [6.45, 7) is 1.16. The molecule has 1 saturated heterocycles. The summed E-state index contributed by atoms with van der Waals surface area (Å²) in [4.78, 5) is 10.7. The second-order valence-electron chi connectivity index (χ2n) is 3.95. The van der Waals surface area contributed by atoms with Crippen LogP contribution >= 0.6 is 0 Å². The van der Waals surface area contributed by atoms with E-state index in [4.69, 9.17) is 9.84 Å². The van der Waals surface area contributed by atoms with Gasteiger partial charge in [-0.05, 0) is 5.56 Å². The van der Waals surface area contributed by atoms with E-state index >= 15 is 0 Å². The molecule has 1 heterocycles. The summed E-state index contributed by atoms with van der Waals surface area (Å²) in [7, 11) is 0. The molecule has 1 fully saturated rings. The summed E-state index contributed by atoms with van der Waals surface area (Å²) in [5.41, 5.74) is 1.11. The van der Waals surface area contributed by atoms with Crippen molar-refractivity contribution < 1.29 is 14.6 Å². The summed E-state index contributed by atoms with van der Waals surface area (Å²) >= 11 is 0. The zero-order chi connectivity index (χ0) is 11.4. The van der Waals surface area contributed by atoms with Gasteiger partial charge >= 0.3 is 5.97 Å². The van der Waals surface area contributed by atoms with Gasteiger partial charge in [-0.15, -0.1) is 0 Å². The highest BCUT2D eigenvalue weighted by Crippen LogP contribution is 2.12. The van der Waals surface area contributed by atoms with Crippen molar-refractivity contribution in [2.75, 3.05) is 6.54 Å². The van der Waals surface area contributed by atoms with E-state index in [2.05, 4.69) is 5.32 Å². The molecule has 2 atom stereocenters. The number of aliphatic carboxylic acids is 1. The molecule has 0 saturated carbocycles. The van der Waals surface area contributed by atoms with E-state index in [9.17, 15) is 4.79 Å². The topological polar surface area (TPSA) is 58.6 Å². The predicted octanol–water partition coefficient (Wildman–Crippen LogP) is 1.02. The highest BCUT2D eigenvalue weighted by Gasteiger charge is 2.29. The second kappa shape index (κ2) is 5.09. The molecule has 2 N–H and O–H groups in total. The smallest absolute Gasteiger partial charge is 0.320 e. The van der Waals surface area contributed by atoms with Crippen LogP contribution in [0.4, 0.5) is 0 Å². The number of hydrogen-bond acceptors (Lipinski definition) is 3. The Hall–Kier alpha value is -1.39. The molecule has 0 unspecified atom stereocenters. The van der Waals surface area contributed by atoms with Gasteiger partial charge in [-0.2, -0.15) is 0 Å². The lowest BCUT2D eigenvalue weighted by Crippen LogP contribution is -2.29. The SMILES string of the molecule is O=C(O)[C@@H]1C[C@H](OCc2ccccc2)CN1. The minimum absolute atomic E-state index is 0.00121. The fourth-order valence-electron chi connectivity index (χ4n) is 1.81. The molecular formula is C12H15NO3. The van der Waals surface area contributed by atoms with Crippen LogP contribution in [0.1, 0.15) is 12.0 Å². The largest absolute Gasteiger partial charge is 0.480 e. The zero-order valence-corrected chi connectivity index (χ0v) is 8.93. The van der Waals surface area contributed by atoms with Gasteiger partial charge < -0.3 is 15.2 Å². The number of benzene rings is 1. The van der Waals surface area contributed by atoms with Crippen molar-refractivity contribution in [3.8, 4) is 0 Å². The van der Waals surface area contributed by atoms with Crippen LogP contribution in [0.5, 0.6) is 0 Å². The van der Waals surface area contributed by atoms with Crippen molar-refractivity contribution in [2.45, 2.75) is 25.2 Å². The van der Waals surface area contributed by atoms with Gasteiger partial charge in [0, 0.05) is 13.0 Å². The first-order valence-corrected chi connectivity index (χ1v) is 5.37. The quantitative estimate of drug-likeness (QED) is 0.797. The van der Waals surface area contributed by atoms with Gasteiger partial charge in [0.2, 0.25) is 0 Å². The molecule has 0 radical (unpaired) electrons. The first-order chi connectivity index (χ1) is 7.75. The summed E-state index contributed by atoms with van der Waals surface area (Å²) < 4.78 is 5.64. The molecular weight excluding hydrogens is 206 g/mol. The first kappa shape index (κ1) is 11.1. The third-order valence-corrected chi connectivity index (χ3v) is 2.72. The summed E-state index contributed by atoms with van der Waals surface area (Å²) in [5, 5.41) is 11.7. The summed E-state index contributed by atoms with van der Waals surface area (Å²) in [6.07, 6.45) is 0.545. The van der Waals surface area contributed by atoms with Crippen LogP contribution in [0.3, 0.4) is 0 Å². The molecule has 2 rings (SSSR count). The van der Waals surface area contributed by atoms with Crippen LogP contribution < -0.4 is 5.32 Å². The lowest BCUT2D eigenvalue weighted by molar-refractivity contribution is -0.139. The van der Waals surface area contributed by atoms with Gasteiger partial charge in [-0.3, -0.25) is 4.79 Å². The number of hydrogen-bond donors (Lipinski definition) is 2. The molecule has 0 aromatic heterocycles. The van der Waals surface area contributed by atoms with E-state index in [-0.39, 0.29) is 6.10 Å². The fourth-order valence-corrected chi connectivity index (χ4v) is 1.81. The predicted molar refractivity (Wildman–Crippen MR) is 59.1 cm³/mol.